The van der Waals surface area contributed by atoms with Gasteiger partial charge in [0.2, 0.25) is 0 Å². The molecular weight excluding hydrogens is 320 g/mol. The quantitative estimate of drug-likeness (QED) is 0.302. The zero-order valence-corrected chi connectivity index (χ0v) is 12.0. The summed E-state index contributed by atoms with van der Waals surface area (Å²) in [6.07, 6.45) is 9.62. The zero-order chi connectivity index (χ0) is 17.6. The van der Waals surface area contributed by atoms with Crippen LogP contribution in [0.4, 0.5) is 34.5 Å². The predicted molar refractivity (Wildman–Crippen MR) is 71.2 cm³/mol. The third-order valence-electron chi connectivity index (χ3n) is 2.05. The van der Waals surface area contributed by atoms with Crippen LogP contribution >= 0.6 is 0 Å². The van der Waals surface area contributed by atoms with Gasteiger partial charge in [-0.1, -0.05) is 25.8 Å². The van der Waals surface area contributed by atoms with Gasteiger partial charge in [-0.15, -0.1) is 0 Å². The number of nitrogens with zero attached hydrogens (tertiary/aromatic N) is 1. The second-order valence-electron chi connectivity index (χ2n) is 4.16. The maximum atomic E-state index is 9.75. The molecule has 0 aliphatic rings. The third kappa shape index (κ3) is 36.3. The van der Waals surface area contributed by atoms with Gasteiger partial charge in [0.25, 0.3) is 0 Å². The Morgan fingerprint density at radius 1 is 0.682 bits per heavy atom. The summed E-state index contributed by atoms with van der Waals surface area (Å²) in [5, 5.41) is 0. The molecule has 0 radical (unpaired) electrons. The summed E-state index contributed by atoms with van der Waals surface area (Å²) in [7, 11) is -12.0. The topological polar surface area (TPSA) is 3.88 Å². The van der Waals surface area contributed by atoms with Gasteiger partial charge in [-0.2, -0.15) is 0 Å². The Balaban J connectivity index is 0. The van der Waals surface area contributed by atoms with Crippen molar-refractivity contribution in [2.24, 2.45) is 0 Å². The van der Waals surface area contributed by atoms with E-state index in [1.807, 2.05) is 0 Å². The number of hydrogen-bond acceptors (Lipinski definition) is 0. The van der Waals surface area contributed by atoms with Crippen molar-refractivity contribution >= 4 is 14.5 Å². The minimum Gasteiger partial charge on any atom is -0.418 e. The van der Waals surface area contributed by atoms with Gasteiger partial charge in [-0.05, 0) is 6.42 Å². The lowest BCUT2D eigenvalue weighted by Crippen LogP contribution is -2.32. The largest absolute Gasteiger partial charge is 0.673 e. The fraction of sp³-hybridized carbons (Fsp3) is 0.545. The van der Waals surface area contributed by atoms with Crippen LogP contribution in [-0.4, -0.2) is 14.5 Å². The summed E-state index contributed by atoms with van der Waals surface area (Å²) in [4.78, 5) is 0. The molecule has 1 nitrogen and oxygen atoms in total. The Bertz CT molecular complexity index is 331. The van der Waals surface area contributed by atoms with E-state index in [0.717, 1.165) is 0 Å². The minimum absolute atomic E-state index is 1.17. The van der Waals surface area contributed by atoms with Crippen LogP contribution in [0.15, 0.2) is 30.6 Å². The lowest BCUT2D eigenvalue weighted by molar-refractivity contribution is -0.697. The molecule has 0 spiro atoms. The van der Waals surface area contributed by atoms with Crippen molar-refractivity contribution in [1.29, 1.82) is 0 Å². The highest BCUT2D eigenvalue weighted by atomic mass is 19.5. The molecule has 0 aromatic carbocycles. The van der Waals surface area contributed by atoms with Gasteiger partial charge < -0.3 is 34.5 Å². The first kappa shape index (κ1) is 23.0. The standard InChI is InChI=1S/C11H18N.2BF4/c1-2-3-4-6-9-12-10-7-5-8-11-12;2*2-1(3,4)5/h5,7-8,10-11H,2-4,6,9H2,1H3;;/q+1;2*-1. The van der Waals surface area contributed by atoms with Crippen LogP contribution in [0.3, 0.4) is 0 Å². The van der Waals surface area contributed by atoms with Gasteiger partial charge in [-0.25, -0.2) is 4.57 Å². The Kier molecular flexibility index (Phi) is 12.8. The van der Waals surface area contributed by atoms with E-state index < -0.39 is 14.5 Å². The van der Waals surface area contributed by atoms with Crippen LogP contribution in [0.2, 0.25) is 0 Å². The number of pyridine rings is 1. The number of aromatic nitrogens is 1. The molecule has 0 saturated carbocycles. The molecular formula is C11H18B2F8N-. The molecule has 0 amide bonds. The fourth-order valence-electron chi connectivity index (χ4n) is 1.30. The lowest BCUT2D eigenvalue weighted by Gasteiger charge is -1.95. The molecule has 0 bridgehead atoms. The number of hydrogen-bond donors (Lipinski definition) is 0. The van der Waals surface area contributed by atoms with Crippen LogP contribution in [0, 0.1) is 0 Å². The molecule has 130 valence electrons. The molecule has 0 unspecified atom stereocenters. The van der Waals surface area contributed by atoms with Gasteiger partial charge in [-0.3, -0.25) is 0 Å². The number of aryl methyl sites for hydroxylation is 1. The van der Waals surface area contributed by atoms with E-state index in [1.165, 1.54) is 32.2 Å². The maximum Gasteiger partial charge on any atom is 0.673 e. The average molecular weight is 338 g/mol. The maximum absolute atomic E-state index is 9.75. The van der Waals surface area contributed by atoms with E-state index in [4.69, 9.17) is 0 Å². The molecule has 11 heteroatoms. The monoisotopic (exact) mass is 338 g/mol. The van der Waals surface area contributed by atoms with Crippen molar-refractivity contribution in [1.82, 2.24) is 0 Å². The van der Waals surface area contributed by atoms with Gasteiger partial charge in [0.05, 0.1) is 0 Å². The van der Waals surface area contributed by atoms with E-state index in [-0.39, 0.29) is 0 Å². The normalized spacial score (nSPS) is 11.0. The summed E-state index contributed by atoms with van der Waals surface area (Å²) < 4.78 is 80.2. The number of halogens is 8. The lowest BCUT2D eigenvalue weighted by atomic mass is 10.2. The second kappa shape index (κ2) is 12.3. The van der Waals surface area contributed by atoms with Crippen molar-refractivity contribution in [2.75, 3.05) is 0 Å². The van der Waals surface area contributed by atoms with Crippen LogP contribution in [0.1, 0.15) is 32.6 Å². The highest BCUT2D eigenvalue weighted by molar-refractivity contribution is 6.50. The van der Waals surface area contributed by atoms with Gasteiger partial charge >= 0.3 is 14.5 Å². The Hall–Kier alpha value is -1.28. The first-order valence-corrected chi connectivity index (χ1v) is 6.62. The summed E-state index contributed by atoms with van der Waals surface area (Å²) >= 11 is 0. The number of rotatable bonds is 5. The van der Waals surface area contributed by atoms with Crippen LogP contribution in [0.5, 0.6) is 0 Å². The average Bonchev–Trinajstić information content (AvgIpc) is 2.32. The first-order chi connectivity index (χ1) is 9.93. The molecule has 0 fully saturated rings. The summed E-state index contributed by atoms with van der Waals surface area (Å²) in [6, 6.07) is 6.22. The van der Waals surface area contributed by atoms with Crippen molar-refractivity contribution < 1.29 is 39.1 Å². The second-order valence-corrected chi connectivity index (χ2v) is 4.16. The molecule has 22 heavy (non-hydrogen) atoms. The summed E-state index contributed by atoms with van der Waals surface area (Å²) in [5.74, 6) is 0. The molecule has 0 N–H and O–H groups in total. The first-order valence-electron chi connectivity index (χ1n) is 6.62. The van der Waals surface area contributed by atoms with Gasteiger partial charge in [0.1, 0.15) is 6.54 Å². The molecule has 1 aromatic heterocycles. The van der Waals surface area contributed by atoms with Gasteiger partial charge in [0, 0.05) is 18.6 Å². The van der Waals surface area contributed by atoms with Gasteiger partial charge in [0.15, 0.2) is 12.4 Å². The van der Waals surface area contributed by atoms with Crippen LogP contribution in [0.25, 0.3) is 0 Å². The van der Waals surface area contributed by atoms with E-state index in [1.54, 1.807) is 0 Å². The zero-order valence-electron chi connectivity index (χ0n) is 12.0. The van der Waals surface area contributed by atoms with E-state index in [0.29, 0.717) is 0 Å². The van der Waals surface area contributed by atoms with Crippen LogP contribution < -0.4 is 4.57 Å². The highest BCUT2D eigenvalue weighted by Gasteiger charge is 2.21. The number of unbranched alkanes of at least 4 members (excludes halogenated alkanes) is 3. The molecule has 1 heterocycles. The highest BCUT2D eigenvalue weighted by Crippen LogP contribution is 2.07. The molecule has 1 aromatic rings. The SMILES string of the molecule is CCCCCC[n+]1ccccc1.F[B-](F)(F)F.F[B-](F)(F)F. The Morgan fingerprint density at radius 3 is 1.45 bits per heavy atom. The predicted octanol–water partition coefficient (Wildman–Crippen LogP) is 5.15. The fourth-order valence-corrected chi connectivity index (χ4v) is 1.30. The molecule has 0 saturated heterocycles. The van der Waals surface area contributed by atoms with Crippen molar-refractivity contribution in [3.05, 3.63) is 30.6 Å². The third-order valence-corrected chi connectivity index (χ3v) is 2.05. The summed E-state index contributed by atoms with van der Waals surface area (Å²) in [5.41, 5.74) is 0. The van der Waals surface area contributed by atoms with Crippen molar-refractivity contribution in [3.63, 3.8) is 0 Å². The van der Waals surface area contributed by atoms with E-state index in [2.05, 4.69) is 42.1 Å². The van der Waals surface area contributed by atoms with Crippen molar-refractivity contribution in [3.8, 4) is 0 Å². The van der Waals surface area contributed by atoms with E-state index >= 15 is 0 Å². The molecule has 0 aliphatic carbocycles. The molecule has 1 rings (SSSR count). The minimum atomic E-state index is -6.00. The molecule has 0 atom stereocenters. The van der Waals surface area contributed by atoms with Crippen molar-refractivity contribution in [2.45, 2.75) is 39.2 Å². The smallest absolute Gasteiger partial charge is 0.418 e. The summed E-state index contributed by atoms with van der Waals surface area (Å²) in [6.45, 7) is 3.41. The Labute approximate surface area is 124 Å². The molecule has 0 aliphatic heterocycles. The Morgan fingerprint density at radius 2 is 1.09 bits per heavy atom. The van der Waals surface area contributed by atoms with Crippen LogP contribution in [-0.2, 0) is 6.54 Å². The van der Waals surface area contributed by atoms with E-state index in [9.17, 15) is 34.5 Å².